The number of aromatic nitrogens is 1. The fourth-order valence-corrected chi connectivity index (χ4v) is 0.816. The summed E-state index contributed by atoms with van der Waals surface area (Å²) < 4.78 is 4.55. The quantitative estimate of drug-likeness (QED) is 0.738. The van der Waals surface area contributed by atoms with E-state index in [9.17, 15) is 9.59 Å². The lowest BCUT2D eigenvalue weighted by molar-refractivity contribution is 0.0684. The van der Waals surface area contributed by atoms with Crippen LogP contribution in [0.15, 0.2) is 10.6 Å². The van der Waals surface area contributed by atoms with E-state index >= 15 is 0 Å². The van der Waals surface area contributed by atoms with Crippen molar-refractivity contribution in [2.24, 2.45) is 0 Å². The van der Waals surface area contributed by atoms with E-state index in [1.165, 1.54) is 0 Å². The average molecular weight is 198 g/mol. The maximum atomic E-state index is 11.3. The molecule has 0 aromatic carbocycles. The number of nitrogens with zero attached hydrogens (tertiary/aromatic N) is 1. The molecule has 0 radical (unpaired) electrons. The van der Waals surface area contributed by atoms with Gasteiger partial charge in [0.2, 0.25) is 5.76 Å². The van der Waals surface area contributed by atoms with Gasteiger partial charge in [0.15, 0.2) is 5.69 Å². The van der Waals surface area contributed by atoms with Crippen molar-refractivity contribution < 1.29 is 19.2 Å². The summed E-state index contributed by atoms with van der Waals surface area (Å²) in [5.74, 6) is -1.80. The van der Waals surface area contributed by atoms with Crippen molar-refractivity contribution in [2.45, 2.75) is 19.9 Å². The smallest absolute Gasteiger partial charge is 0.358 e. The standard InChI is InChI=1S/C8H10N2O4/c1-4(2)9-7(11)6-3-5(8(12)13)10-14-6/h3-4H,1-2H3,(H,9,11)(H,12,13). The molecule has 0 bridgehead atoms. The number of nitrogens with one attached hydrogen (secondary N) is 1. The highest BCUT2D eigenvalue weighted by molar-refractivity contribution is 5.94. The van der Waals surface area contributed by atoms with Crippen molar-refractivity contribution in [2.75, 3.05) is 0 Å². The summed E-state index contributed by atoms with van der Waals surface area (Å²) in [4.78, 5) is 21.7. The zero-order valence-electron chi connectivity index (χ0n) is 7.77. The Morgan fingerprint density at radius 2 is 2.21 bits per heavy atom. The third-order valence-corrected chi connectivity index (χ3v) is 1.37. The number of carboxylic acid groups (broad SMARTS) is 1. The molecule has 1 aromatic heterocycles. The van der Waals surface area contributed by atoms with Crippen LogP contribution in [0.5, 0.6) is 0 Å². The summed E-state index contributed by atoms with van der Waals surface area (Å²) in [5.41, 5.74) is -0.279. The molecule has 0 aliphatic carbocycles. The van der Waals surface area contributed by atoms with Crippen LogP contribution in [0.3, 0.4) is 0 Å². The predicted octanol–water partition coefficient (Wildman–Crippen LogP) is 0.511. The van der Waals surface area contributed by atoms with Crippen LogP contribution in [0.4, 0.5) is 0 Å². The molecule has 14 heavy (non-hydrogen) atoms. The van der Waals surface area contributed by atoms with E-state index in [-0.39, 0.29) is 17.5 Å². The van der Waals surface area contributed by atoms with Crippen LogP contribution in [0.2, 0.25) is 0 Å². The first-order chi connectivity index (χ1) is 6.50. The first-order valence-electron chi connectivity index (χ1n) is 4.01. The average Bonchev–Trinajstić information content (AvgIpc) is 2.50. The Bertz CT molecular complexity index is 356. The monoisotopic (exact) mass is 198 g/mol. The third kappa shape index (κ3) is 2.32. The van der Waals surface area contributed by atoms with Gasteiger partial charge in [-0.1, -0.05) is 5.16 Å². The highest BCUT2D eigenvalue weighted by Gasteiger charge is 2.16. The second-order valence-electron chi connectivity index (χ2n) is 3.01. The minimum Gasteiger partial charge on any atom is -0.476 e. The molecule has 2 N–H and O–H groups in total. The summed E-state index contributed by atoms with van der Waals surface area (Å²) in [6, 6.07) is 1.04. The summed E-state index contributed by atoms with van der Waals surface area (Å²) in [6.45, 7) is 3.57. The lowest BCUT2D eigenvalue weighted by atomic mass is 10.3. The molecule has 1 heterocycles. The van der Waals surface area contributed by atoms with Crippen LogP contribution >= 0.6 is 0 Å². The van der Waals surface area contributed by atoms with E-state index in [0.717, 1.165) is 6.07 Å². The number of hydrogen-bond acceptors (Lipinski definition) is 4. The number of carbonyl (C=O) groups excluding carboxylic acids is 1. The fraction of sp³-hybridized carbons (Fsp3) is 0.375. The zero-order chi connectivity index (χ0) is 10.7. The number of aromatic carboxylic acids is 1. The van der Waals surface area contributed by atoms with E-state index in [0.29, 0.717) is 0 Å². The molecular formula is C8H10N2O4. The Morgan fingerprint density at radius 3 is 2.64 bits per heavy atom. The predicted molar refractivity (Wildman–Crippen MR) is 46.1 cm³/mol. The van der Waals surface area contributed by atoms with E-state index in [2.05, 4.69) is 15.0 Å². The maximum absolute atomic E-state index is 11.3. The van der Waals surface area contributed by atoms with Crippen molar-refractivity contribution in [3.05, 3.63) is 17.5 Å². The molecule has 6 heteroatoms. The van der Waals surface area contributed by atoms with Gasteiger partial charge in [0, 0.05) is 12.1 Å². The van der Waals surface area contributed by atoms with Gasteiger partial charge in [-0.05, 0) is 13.8 Å². The van der Waals surface area contributed by atoms with Crippen LogP contribution in [-0.2, 0) is 0 Å². The summed E-state index contributed by atoms with van der Waals surface area (Å²) in [6.07, 6.45) is 0. The summed E-state index contributed by atoms with van der Waals surface area (Å²) in [7, 11) is 0. The van der Waals surface area contributed by atoms with Crippen LogP contribution in [0.1, 0.15) is 34.9 Å². The first kappa shape index (κ1) is 10.2. The molecule has 1 rings (SSSR count). The van der Waals surface area contributed by atoms with Crippen LogP contribution in [-0.4, -0.2) is 28.2 Å². The first-order valence-corrected chi connectivity index (χ1v) is 4.01. The van der Waals surface area contributed by atoms with Gasteiger partial charge < -0.3 is 14.9 Å². The number of carboxylic acids is 1. The molecule has 1 aromatic rings. The molecule has 0 spiro atoms. The van der Waals surface area contributed by atoms with Gasteiger partial charge in [-0.15, -0.1) is 0 Å². The Labute approximate surface area is 79.9 Å². The maximum Gasteiger partial charge on any atom is 0.358 e. The minimum atomic E-state index is -1.22. The molecule has 76 valence electrons. The SMILES string of the molecule is CC(C)NC(=O)c1cc(C(=O)O)no1. The number of rotatable bonds is 3. The Balaban J connectivity index is 2.76. The van der Waals surface area contributed by atoms with E-state index in [1.54, 1.807) is 13.8 Å². The molecule has 6 nitrogen and oxygen atoms in total. The fourth-order valence-electron chi connectivity index (χ4n) is 0.816. The topological polar surface area (TPSA) is 92.4 Å². The van der Waals surface area contributed by atoms with Crippen molar-refractivity contribution in [1.29, 1.82) is 0 Å². The lowest BCUT2D eigenvalue weighted by Gasteiger charge is -2.04. The molecule has 0 saturated heterocycles. The van der Waals surface area contributed by atoms with Crippen LogP contribution < -0.4 is 5.32 Å². The number of carbonyl (C=O) groups is 2. The Hall–Kier alpha value is -1.85. The second-order valence-corrected chi connectivity index (χ2v) is 3.01. The van der Waals surface area contributed by atoms with Crippen LogP contribution in [0, 0.1) is 0 Å². The van der Waals surface area contributed by atoms with Crippen molar-refractivity contribution in [3.8, 4) is 0 Å². The van der Waals surface area contributed by atoms with Crippen molar-refractivity contribution in [1.82, 2.24) is 10.5 Å². The molecule has 0 atom stereocenters. The van der Waals surface area contributed by atoms with Gasteiger partial charge in [-0.2, -0.15) is 0 Å². The van der Waals surface area contributed by atoms with Crippen molar-refractivity contribution in [3.63, 3.8) is 0 Å². The van der Waals surface area contributed by atoms with Gasteiger partial charge in [0.1, 0.15) is 0 Å². The molecule has 0 aliphatic rings. The Morgan fingerprint density at radius 1 is 1.57 bits per heavy atom. The molecule has 0 saturated carbocycles. The molecule has 0 fully saturated rings. The van der Waals surface area contributed by atoms with Crippen LogP contribution in [0.25, 0.3) is 0 Å². The highest BCUT2D eigenvalue weighted by Crippen LogP contribution is 2.03. The number of hydrogen-bond donors (Lipinski definition) is 2. The van der Waals surface area contributed by atoms with E-state index in [4.69, 9.17) is 5.11 Å². The molecule has 0 aliphatic heterocycles. The normalized spacial score (nSPS) is 10.2. The second kappa shape index (κ2) is 3.91. The van der Waals surface area contributed by atoms with Gasteiger partial charge in [-0.3, -0.25) is 4.79 Å². The lowest BCUT2D eigenvalue weighted by Crippen LogP contribution is -2.29. The molecule has 1 amide bonds. The largest absolute Gasteiger partial charge is 0.476 e. The van der Waals surface area contributed by atoms with E-state index in [1.807, 2.05) is 0 Å². The summed E-state index contributed by atoms with van der Waals surface area (Å²) >= 11 is 0. The van der Waals surface area contributed by atoms with Gasteiger partial charge >= 0.3 is 5.97 Å². The molecular weight excluding hydrogens is 188 g/mol. The Kier molecular flexibility index (Phi) is 2.85. The third-order valence-electron chi connectivity index (χ3n) is 1.37. The highest BCUT2D eigenvalue weighted by atomic mass is 16.5. The van der Waals surface area contributed by atoms with Gasteiger partial charge in [-0.25, -0.2) is 4.79 Å². The number of amides is 1. The minimum absolute atomic E-state index is 0.0409. The molecule has 0 unspecified atom stereocenters. The van der Waals surface area contributed by atoms with Crippen molar-refractivity contribution >= 4 is 11.9 Å². The van der Waals surface area contributed by atoms with E-state index < -0.39 is 11.9 Å². The van der Waals surface area contributed by atoms with Gasteiger partial charge in [0.25, 0.3) is 5.91 Å². The zero-order valence-corrected chi connectivity index (χ0v) is 7.77. The summed E-state index contributed by atoms with van der Waals surface area (Å²) in [5, 5.41) is 14.3. The van der Waals surface area contributed by atoms with Gasteiger partial charge in [0.05, 0.1) is 0 Å².